The van der Waals surface area contributed by atoms with E-state index in [0.29, 0.717) is 23.7 Å². The van der Waals surface area contributed by atoms with Gasteiger partial charge in [0.2, 0.25) is 0 Å². The van der Waals surface area contributed by atoms with Crippen molar-refractivity contribution in [3.8, 4) is 17.2 Å². The Morgan fingerprint density at radius 1 is 1.27 bits per heavy atom. The number of hydrogen-bond donors (Lipinski definition) is 0. The number of carbonyl (C=O) groups excluding carboxylic acids is 1. The molecule has 0 aliphatic carbocycles. The van der Waals surface area contributed by atoms with E-state index in [1.165, 1.54) is 29.0 Å². The first-order valence-corrected chi connectivity index (χ1v) is 11.5. The van der Waals surface area contributed by atoms with Crippen LogP contribution in [0.2, 0.25) is 0 Å². The number of ether oxygens (including phenoxy) is 2. The second kappa shape index (κ2) is 7.63. The van der Waals surface area contributed by atoms with Crippen LogP contribution in [0.3, 0.4) is 0 Å². The summed E-state index contributed by atoms with van der Waals surface area (Å²) in [6.45, 7) is 0.966. The number of urea groups is 1. The zero-order chi connectivity index (χ0) is 21.5. The first kappa shape index (κ1) is 20.8. The maximum atomic E-state index is 13.3. The zero-order valence-corrected chi connectivity index (χ0v) is 17.3. The molecule has 0 spiro atoms. The van der Waals surface area contributed by atoms with Gasteiger partial charge in [-0.2, -0.15) is 13.4 Å². The molecule has 9 nitrogen and oxygen atoms in total. The van der Waals surface area contributed by atoms with Crippen LogP contribution in [-0.2, 0) is 20.9 Å². The third-order valence-electron chi connectivity index (χ3n) is 4.35. The van der Waals surface area contributed by atoms with E-state index < -0.39 is 22.4 Å². The summed E-state index contributed by atoms with van der Waals surface area (Å²) in [5.41, 5.74) is 0.380. The molecule has 0 saturated carbocycles. The lowest BCUT2D eigenvalue weighted by Crippen LogP contribution is -2.27. The van der Waals surface area contributed by atoms with Crippen molar-refractivity contribution in [2.75, 3.05) is 19.3 Å². The Kier molecular flexibility index (Phi) is 5.28. The van der Waals surface area contributed by atoms with E-state index in [4.69, 9.17) is 4.18 Å². The molecule has 2 aliphatic rings. The number of carbonyl (C=O) groups is 1. The fourth-order valence-corrected chi connectivity index (χ4v) is 4.34. The molecule has 162 valence electrons. The van der Waals surface area contributed by atoms with Gasteiger partial charge >= 0.3 is 12.3 Å². The predicted octanol–water partition coefficient (Wildman–Crippen LogP) is 2.45. The van der Waals surface area contributed by atoms with Crippen LogP contribution in [0.25, 0.3) is 5.69 Å². The van der Waals surface area contributed by atoms with Gasteiger partial charge < -0.3 is 14.4 Å². The first-order chi connectivity index (χ1) is 14.1. The summed E-state index contributed by atoms with van der Waals surface area (Å²) >= 11 is 1.05. The number of amides is 2. The Balaban J connectivity index is 1.72. The summed E-state index contributed by atoms with van der Waals surface area (Å²) < 4.78 is 64.4. The average molecular weight is 461 g/mol. The first-order valence-electron chi connectivity index (χ1n) is 8.89. The van der Waals surface area contributed by atoms with E-state index in [0.717, 1.165) is 30.4 Å². The Bertz CT molecular complexity index is 1150. The SMILES string of the molecule is CS(=O)(=O)OCc1cn(-c2ccc3c(c2)OC(F)(F)O3)c(=NC(=O)N2CCCC2)s1. The van der Waals surface area contributed by atoms with E-state index in [1.807, 2.05) is 0 Å². The van der Waals surface area contributed by atoms with Gasteiger partial charge in [0, 0.05) is 25.4 Å². The summed E-state index contributed by atoms with van der Waals surface area (Å²) in [5.74, 6) is -0.284. The van der Waals surface area contributed by atoms with Gasteiger partial charge in [0.25, 0.3) is 10.1 Å². The molecule has 2 amide bonds. The number of likely N-dealkylation sites (tertiary alicyclic amines) is 1. The molecule has 4 rings (SSSR count). The summed E-state index contributed by atoms with van der Waals surface area (Å²) in [4.78, 5) is 18.9. The molecule has 1 saturated heterocycles. The standard InChI is InChI=1S/C17H17F2N3O6S2/c1-30(24,25)26-10-12-9-22(16(29-12)20-15(23)21-6-2-3-7-21)11-4-5-13-14(8-11)28-17(18,19)27-13/h4-5,8-9H,2-3,6-7,10H2,1H3. The molecular weight excluding hydrogens is 444 g/mol. The molecule has 30 heavy (non-hydrogen) atoms. The molecule has 1 fully saturated rings. The number of alkyl halides is 2. The molecule has 0 bridgehead atoms. The van der Waals surface area contributed by atoms with Crippen molar-refractivity contribution in [2.45, 2.75) is 25.7 Å². The van der Waals surface area contributed by atoms with Crippen LogP contribution < -0.4 is 14.3 Å². The van der Waals surface area contributed by atoms with Gasteiger partial charge in [-0.15, -0.1) is 8.78 Å². The maximum Gasteiger partial charge on any atom is 0.586 e. The maximum absolute atomic E-state index is 13.3. The van der Waals surface area contributed by atoms with E-state index in [-0.39, 0.29) is 22.9 Å². The minimum absolute atomic E-state index is 0.119. The molecule has 0 N–H and O–H groups in total. The third-order valence-corrected chi connectivity index (χ3v) is 5.85. The highest BCUT2D eigenvalue weighted by Crippen LogP contribution is 2.41. The van der Waals surface area contributed by atoms with Crippen LogP contribution in [-0.4, -0.2) is 49.6 Å². The summed E-state index contributed by atoms with van der Waals surface area (Å²) in [6, 6.07) is 3.71. The highest BCUT2D eigenvalue weighted by molar-refractivity contribution is 7.85. The predicted molar refractivity (Wildman–Crippen MR) is 101 cm³/mol. The van der Waals surface area contributed by atoms with Crippen LogP contribution in [0.4, 0.5) is 13.6 Å². The van der Waals surface area contributed by atoms with Crippen molar-refractivity contribution in [2.24, 2.45) is 4.99 Å². The number of aromatic nitrogens is 1. The van der Waals surface area contributed by atoms with Gasteiger partial charge in [-0.25, -0.2) is 4.79 Å². The summed E-state index contributed by atoms with van der Waals surface area (Å²) in [7, 11) is -3.68. The van der Waals surface area contributed by atoms with Crippen molar-refractivity contribution in [1.29, 1.82) is 0 Å². The number of hydrogen-bond acceptors (Lipinski definition) is 7. The summed E-state index contributed by atoms with van der Waals surface area (Å²) in [6.07, 6.45) is 0.495. The van der Waals surface area contributed by atoms with Crippen molar-refractivity contribution in [3.63, 3.8) is 0 Å². The van der Waals surface area contributed by atoms with Gasteiger partial charge in [-0.05, 0) is 25.0 Å². The topological polar surface area (TPSA) is 99.4 Å². The molecule has 3 heterocycles. The Morgan fingerprint density at radius 3 is 2.67 bits per heavy atom. The number of thiazole rings is 1. The van der Waals surface area contributed by atoms with Crippen molar-refractivity contribution in [3.05, 3.63) is 34.1 Å². The molecule has 13 heteroatoms. The van der Waals surface area contributed by atoms with Gasteiger partial charge in [0.05, 0.1) is 16.8 Å². The van der Waals surface area contributed by atoms with Crippen molar-refractivity contribution >= 4 is 27.5 Å². The van der Waals surface area contributed by atoms with Crippen LogP contribution in [0.15, 0.2) is 29.4 Å². The minimum atomic E-state index is -3.76. The normalized spacial score (nSPS) is 18.2. The number of benzene rings is 1. The molecule has 1 aromatic carbocycles. The van der Waals surface area contributed by atoms with Crippen molar-refractivity contribution < 1.29 is 35.6 Å². The Labute approximate surface area is 174 Å². The van der Waals surface area contributed by atoms with Crippen LogP contribution in [0.5, 0.6) is 11.5 Å². The van der Waals surface area contributed by atoms with Gasteiger partial charge in [-0.3, -0.25) is 8.75 Å². The lowest BCUT2D eigenvalue weighted by molar-refractivity contribution is -0.286. The third kappa shape index (κ3) is 4.63. The Morgan fingerprint density at radius 2 is 1.97 bits per heavy atom. The molecule has 2 aromatic rings. The molecule has 0 atom stereocenters. The number of fused-ring (bicyclic) bond motifs is 1. The summed E-state index contributed by atoms with van der Waals surface area (Å²) in [5, 5.41) is 0. The monoisotopic (exact) mass is 461 g/mol. The number of halogens is 2. The smallest absolute Gasteiger partial charge is 0.395 e. The second-order valence-electron chi connectivity index (χ2n) is 6.70. The lowest BCUT2D eigenvalue weighted by Gasteiger charge is -2.10. The molecule has 1 aromatic heterocycles. The molecule has 2 aliphatic heterocycles. The highest BCUT2D eigenvalue weighted by Gasteiger charge is 2.43. The lowest BCUT2D eigenvalue weighted by atomic mass is 10.3. The molecule has 0 unspecified atom stereocenters. The Hall–Kier alpha value is -2.51. The zero-order valence-electron chi connectivity index (χ0n) is 15.7. The number of rotatable bonds is 4. The van der Waals surface area contributed by atoms with Crippen LogP contribution >= 0.6 is 11.3 Å². The average Bonchev–Trinajstić information content (AvgIpc) is 3.35. The van der Waals surface area contributed by atoms with E-state index in [1.54, 1.807) is 4.90 Å². The minimum Gasteiger partial charge on any atom is -0.395 e. The molecular formula is C17H17F2N3O6S2. The fourth-order valence-electron chi connectivity index (χ4n) is 3.03. The highest BCUT2D eigenvalue weighted by atomic mass is 32.2. The van der Waals surface area contributed by atoms with Gasteiger partial charge in [0.15, 0.2) is 16.3 Å². The number of nitrogens with zero attached hydrogens (tertiary/aromatic N) is 3. The van der Waals surface area contributed by atoms with Crippen molar-refractivity contribution in [1.82, 2.24) is 9.47 Å². The van der Waals surface area contributed by atoms with E-state index >= 15 is 0 Å². The second-order valence-corrected chi connectivity index (χ2v) is 9.44. The van der Waals surface area contributed by atoms with Gasteiger partial charge in [0.1, 0.15) is 6.61 Å². The van der Waals surface area contributed by atoms with E-state index in [2.05, 4.69) is 14.5 Å². The largest absolute Gasteiger partial charge is 0.586 e. The van der Waals surface area contributed by atoms with E-state index in [9.17, 15) is 22.0 Å². The molecule has 0 radical (unpaired) electrons. The van der Waals surface area contributed by atoms with Crippen LogP contribution in [0.1, 0.15) is 17.7 Å². The van der Waals surface area contributed by atoms with Crippen LogP contribution in [0, 0.1) is 0 Å². The quantitative estimate of drug-likeness (QED) is 0.649. The van der Waals surface area contributed by atoms with Gasteiger partial charge in [-0.1, -0.05) is 11.3 Å². The fraction of sp³-hybridized carbons (Fsp3) is 0.412.